The van der Waals surface area contributed by atoms with E-state index in [0.29, 0.717) is 5.56 Å². The number of hydrogen-bond acceptors (Lipinski definition) is 2. The fraction of sp³-hybridized carbons (Fsp3) is 0.118. The van der Waals surface area contributed by atoms with Crippen molar-refractivity contribution in [1.82, 2.24) is 4.98 Å². The molecule has 3 aromatic rings. The molecule has 1 atom stereocenters. The molecule has 0 aliphatic carbocycles. The van der Waals surface area contributed by atoms with Gasteiger partial charge in [0.05, 0.1) is 0 Å². The number of benzene rings is 2. The average Bonchev–Trinajstić information content (AvgIpc) is 2.46. The highest BCUT2D eigenvalue weighted by Crippen LogP contribution is 2.29. The van der Waals surface area contributed by atoms with Crippen molar-refractivity contribution >= 4 is 10.8 Å². The van der Waals surface area contributed by atoms with Crippen LogP contribution in [0.25, 0.3) is 10.8 Å². The van der Waals surface area contributed by atoms with Crippen molar-refractivity contribution in [3.05, 3.63) is 77.4 Å². The van der Waals surface area contributed by atoms with Crippen LogP contribution < -0.4 is 0 Å². The fourth-order valence-electron chi connectivity index (χ4n) is 2.38. The number of aliphatic hydroxyl groups is 1. The molecule has 20 heavy (non-hydrogen) atoms. The summed E-state index contributed by atoms with van der Waals surface area (Å²) in [5.74, 6) is -0.398. The third kappa shape index (κ3) is 2.17. The first kappa shape index (κ1) is 12.8. The number of pyridine rings is 1. The molecule has 3 rings (SSSR count). The topological polar surface area (TPSA) is 33.1 Å². The Hall–Kier alpha value is -2.26. The molecule has 100 valence electrons. The Kier molecular flexibility index (Phi) is 3.20. The molecular weight excluding hydrogens is 253 g/mol. The Bertz CT molecular complexity index is 765. The predicted molar refractivity (Wildman–Crippen MR) is 76.9 cm³/mol. The van der Waals surface area contributed by atoms with Gasteiger partial charge in [-0.2, -0.15) is 0 Å². The van der Waals surface area contributed by atoms with Crippen molar-refractivity contribution in [1.29, 1.82) is 0 Å². The number of aliphatic hydroxyl groups excluding tert-OH is 1. The van der Waals surface area contributed by atoms with Gasteiger partial charge in [-0.3, -0.25) is 4.98 Å². The van der Waals surface area contributed by atoms with Gasteiger partial charge in [0.1, 0.15) is 11.9 Å². The lowest BCUT2D eigenvalue weighted by molar-refractivity contribution is 0.216. The van der Waals surface area contributed by atoms with Crippen LogP contribution in [0.4, 0.5) is 4.39 Å². The Morgan fingerprint density at radius 3 is 2.65 bits per heavy atom. The maximum absolute atomic E-state index is 14.0. The average molecular weight is 267 g/mol. The van der Waals surface area contributed by atoms with Crippen LogP contribution in [0.1, 0.15) is 22.8 Å². The first-order chi connectivity index (χ1) is 9.66. The van der Waals surface area contributed by atoms with Crippen LogP contribution >= 0.6 is 0 Å². The third-order valence-corrected chi connectivity index (χ3v) is 3.44. The molecule has 0 fully saturated rings. The molecule has 1 unspecified atom stereocenters. The van der Waals surface area contributed by atoms with E-state index >= 15 is 0 Å². The highest BCUT2D eigenvalue weighted by atomic mass is 19.1. The van der Waals surface area contributed by atoms with E-state index in [0.717, 1.165) is 16.3 Å². The SMILES string of the molecule is Cc1ccc(C(O)c2cncc3ccccc23)c(F)c1. The number of fused-ring (bicyclic) bond motifs is 1. The standard InChI is InChI=1S/C17H14FNO/c1-11-6-7-14(16(18)8-11)17(20)15-10-19-9-12-4-2-3-5-13(12)15/h2-10,17,20H,1H3. The van der Waals surface area contributed by atoms with E-state index in [1.165, 1.54) is 6.07 Å². The van der Waals surface area contributed by atoms with E-state index < -0.39 is 11.9 Å². The van der Waals surface area contributed by atoms with Gasteiger partial charge in [-0.15, -0.1) is 0 Å². The van der Waals surface area contributed by atoms with E-state index in [4.69, 9.17) is 0 Å². The quantitative estimate of drug-likeness (QED) is 0.766. The summed E-state index contributed by atoms with van der Waals surface area (Å²) in [7, 11) is 0. The monoisotopic (exact) mass is 267 g/mol. The molecule has 0 radical (unpaired) electrons. The third-order valence-electron chi connectivity index (χ3n) is 3.44. The zero-order chi connectivity index (χ0) is 14.1. The summed E-state index contributed by atoms with van der Waals surface area (Å²) in [6, 6.07) is 12.5. The molecule has 1 aromatic heterocycles. The van der Waals surface area contributed by atoms with Crippen LogP contribution in [0.15, 0.2) is 54.9 Å². The van der Waals surface area contributed by atoms with Crippen LogP contribution in [0.5, 0.6) is 0 Å². The van der Waals surface area contributed by atoms with E-state index in [9.17, 15) is 9.50 Å². The van der Waals surface area contributed by atoms with Crippen molar-refractivity contribution < 1.29 is 9.50 Å². The number of aromatic nitrogens is 1. The molecule has 0 amide bonds. The summed E-state index contributed by atoms with van der Waals surface area (Å²) in [4.78, 5) is 4.12. The minimum absolute atomic E-state index is 0.272. The van der Waals surface area contributed by atoms with E-state index in [1.54, 1.807) is 24.5 Å². The van der Waals surface area contributed by atoms with Gasteiger partial charge in [0.25, 0.3) is 0 Å². The Balaban J connectivity index is 2.15. The van der Waals surface area contributed by atoms with Gasteiger partial charge in [-0.25, -0.2) is 4.39 Å². The predicted octanol–water partition coefficient (Wildman–Crippen LogP) is 3.76. The molecule has 0 spiro atoms. The van der Waals surface area contributed by atoms with Crippen LogP contribution in [0, 0.1) is 12.7 Å². The molecule has 2 aromatic carbocycles. The van der Waals surface area contributed by atoms with Crippen LogP contribution in [-0.4, -0.2) is 10.1 Å². The van der Waals surface area contributed by atoms with Crippen molar-refractivity contribution in [3.63, 3.8) is 0 Å². The van der Waals surface area contributed by atoms with Crippen LogP contribution in [0.3, 0.4) is 0 Å². The zero-order valence-electron chi connectivity index (χ0n) is 11.0. The lowest BCUT2D eigenvalue weighted by atomic mass is 9.97. The van der Waals surface area contributed by atoms with Gasteiger partial charge in [0.2, 0.25) is 0 Å². The van der Waals surface area contributed by atoms with E-state index in [-0.39, 0.29) is 5.56 Å². The number of rotatable bonds is 2. The minimum atomic E-state index is -1.02. The highest BCUT2D eigenvalue weighted by Gasteiger charge is 2.17. The lowest BCUT2D eigenvalue weighted by Gasteiger charge is -2.14. The zero-order valence-corrected chi connectivity index (χ0v) is 11.0. The van der Waals surface area contributed by atoms with Crippen molar-refractivity contribution in [2.45, 2.75) is 13.0 Å². The van der Waals surface area contributed by atoms with Crippen molar-refractivity contribution in [2.75, 3.05) is 0 Å². The molecule has 0 aliphatic heterocycles. The van der Waals surface area contributed by atoms with Gasteiger partial charge in [-0.05, 0) is 23.9 Å². The van der Waals surface area contributed by atoms with Crippen LogP contribution in [-0.2, 0) is 0 Å². The molecule has 0 saturated heterocycles. The van der Waals surface area contributed by atoms with Crippen LogP contribution in [0.2, 0.25) is 0 Å². The summed E-state index contributed by atoms with van der Waals surface area (Å²) >= 11 is 0. The molecule has 1 N–H and O–H groups in total. The number of aryl methyl sites for hydroxylation is 1. The Labute approximate surface area is 116 Å². The number of nitrogens with zero attached hydrogens (tertiary/aromatic N) is 1. The molecule has 2 nitrogen and oxygen atoms in total. The second kappa shape index (κ2) is 5.02. The lowest BCUT2D eigenvalue weighted by Crippen LogP contribution is -2.04. The van der Waals surface area contributed by atoms with Gasteiger partial charge < -0.3 is 5.11 Å². The fourth-order valence-corrected chi connectivity index (χ4v) is 2.38. The number of hydrogen-bond donors (Lipinski definition) is 1. The summed E-state index contributed by atoms with van der Waals surface area (Å²) in [6.07, 6.45) is 2.30. The minimum Gasteiger partial charge on any atom is -0.383 e. The first-order valence-corrected chi connectivity index (χ1v) is 6.43. The summed E-state index contributed by atoms with van der Waals surface area (Å²) in [5, 5.41) is 12.3. The summed E-state index contributed by atoms with van der Waals surface area (Å²) in [6.45, 7) is 1.82. The highest BCUT2D eigenvalue weighted by molar-refractivity contribution is 5.85. The molecule has 0 aliphatic rings. The van der Waals surface area contributed by atoms with Crippen molar-refractivity contribution in [2.24, 2.45) is 0 Å². The second-order valence-corrected chi connectivity index (χ2v) is 4.88. The second-order valence-electron chi connectivity index (χ2n) is 4.88. The maximum Gasteiger partial charge on any atom is 0.129 e. The summed E-state index contributed by atoms with van der Waals surface area (Å²) in [5.41, 5.74) is 1.72. The van der Waals surface area contributed by atoms with Gasteiger partial charge in [0.15, 0.2) is 0 Å². The smallest absolute Gasteiger partial charge is 0.129 e. The van der Waals surface area contributed by atoms with Crippen molar-refractivity contribution in [3.8, 4) is 0 Å². The summed E-state index contributed by atoms with van der Waals surface area (Å²) < 4.78 is 14.0. The maximum atomic E-state index is 14.0. The number of halogens is 1. The van der Waals surface area contributed by atoms with E-state index in [1.807, 2.05) is 31.2 Å². The normalized spacial score (nSPS) is 12.6. The molecule has 3 heteroatoms. The Morgan fingerprint density at radius 1 is 1.05 bits per heavy atom. The van der Waals surface area contributed by atoms with Gasteiger partial charge in [0, 0.05) is 28.9 Å². The van der Waals surface area contributed by atoms with Gasteiger partial charge in [-0.1, -0.05) is 36.4 Å². The molecule has 0 bridgehead atoms. The first-order valence-electron chi connectivity index (χ1n) is 6.43. The molecule has 0 saturated carbocycles. The van der Waals surface area contributed by atoms with Gasteiger partial charge >= 0.3 is 0 Å². The van der Waals surface area contributed by atoms with E-state index in [2.05, 4.69) is 4.98 Å². The Morgan fingerprint density at radius 2 is 1.85 bits per heavy atom. The largest absolute Gasteiger partial charge is 0.383 e. The molecular formula is C17H14FNO. The molecule has 1 heterocycles.